The van der Waals surface area contributed by atoms with Gasteiger partial charge in [-0.3, -0.25) is 44.2 Å². The number of halogens is 1. The Balaban J connectivity index is -0.00000178. The molecule has 0 aliphatic carbocycles. The molecule has 0 radical (unpaired) electrons. The number of non-ortho nitro benzene ring substituents is 2. The molecule has 0 unspecified atom stereocenters. The van der Waals surface area contributed by atoms with Gasteiger partial charge in [-0.1, -0.05) is 149 Å². The van der Waals surface area contributed by atoms with Crippen molar-refractivity contribution in [3.8, 4) is 57.5 Å². The van der Waals surface area contributed by atoms with Crippen LogP contribution in [0.15, 0.2) is 170 Å². The molecular formula is C111H167AtClN10O27-. The van der Waals surface area contributed by atoms with E-state index in [-0.39, 0.29) is 97.1 Å². The van der Waals surface area contributed by atoms with E-state index >= 15 is 0 Å². The first-order valence-electron chi connectivity index (χ1n) is 49.4. The third kappa shape index (κ3) is 72.4. The number of amides is 7. The van der Waals surface area contributed by atoms with Crippen LogP contribution in [-0.4, -0.2) is 167 Å². The summed E-state index contributed by atoms with van der Waals surface area (Å²) >= 11 is 5.64. The van der Waals surface area contributed by atoms with Gasteiger partial charge >= 0.3 is 64.2 Å². The number of alkyl carbamates (subject to hydrolysis) is 1. The minimum Gasteiger partial charge on any atom is -0.358 e. The van der Waals surface area contributed by atoms with Gasteiger partial charge in [0.05, 0.1) is 38.3 Å². The molecule has 150 heavy (non-hydrogen) atoms. The Morgan fingerprint density at radius 3 is 1.03 bits per heavy atom. The van der Waals surface area contributed by atoms with Crippen LogP contribution in [0.1, 0.15) is 262 Å². The number of carbonyl (C=O) groups excluding carboxylic acids is 10. The van der Waals surface area contributed by atoms with E-state index in [9.17, 15) is 73.3 Å². The van der Waals surface area contributed by atoms with Gasteiger partial charge in [0.15, 0.2) is 46.0 Å². The number of esters is 1. The largest absolute Gasteiger partial charge is 0.358 e. The van der Waals surface area contributed by atoms with Gasteiger partial charge in [-0.2, -0.15) is 0 Å². The average Bonchev–Trinajstić information content (AvgIpc) is 0.852. The summed E-state index contributed by atoms with van der Waals surface area (Å²) in [5.74, 6) is 4.67. The third-order valence-corrected chi connectivity index (χ3v) is 19.8. The number of allylic oxidation sites excluding steroid dienone is 8. The number of ether oxygens (including phenoxy) is 11. The van der Waals surface area contributed by atoms with E-state index in [4.69, 9.17) is 67.9 Å². The van der Waals surface area contributed by atoms with Gasteiger partial charge in [0.25, 0.3) is 11.4 Å². The SMILES string of the molecule is C.CCCCNC(=O)OC(C)(C)C.COc1cc(CNC(=O)CCCC/C=C/C(C)C)ccc1O.COc1cc(CNC(=O)CCCC/C=C/C(C)C)ccc1OC(=O)N(C)CCCC(=O)OC(C)(C)C.COc1cc(CNC(=O)CCCC/C=C/C(C)C)ccc1OC(=O)N(C)CCN.COc1cc(CNC(=O)CCCC/C=C/C(C)C)ccc1OC(=O)Oc1ccc([N+](=O)[O-])cc1.O=C(Cl)Oc1ccc([N+](=O)[O-])cc1.O[At].[CH3-]. The summed E-state index contributed by atoms with van der Waals surface area (Å²) in [7, 11) is 9.16. The summed E-state index contributed by atoms with van der Waals surface area (Å²) in [6.07, 6.45) is 31.2. The van der Waals surface area contributed by atoms with Crippen molar-refractivity contribution in [2.24, 2.45) is 29.4 Å². The monoisotopic (exact) mass is 2320 g/mol. The Hall–Kier alpha value is -12.9. The fraction of sp³-hybridized carbons (Fsp3) is 0.505. The number of rotatable bonds is 52. The quantitative estimate of drug-likeness (QED) is 0.00257. The zero-order valence-corrected chi connectivity index (χ0v) is 94.7. The number of nitrogens with two attached hydrogens (primary N) is 1. The van der Waals surface area contributed by atoms with Crippen LogP contribution in [0.2, 0.25) is 0 Å². The molecule has 0 bridgehead atoms. The normalized spacial score (nSPS) is 10.7. The van der Waals surface area contributed by atoms with E-state index in [2.05, 4.69) is 142 Å². The van der Waals surface area contributed by atoms with E-state index < -0.39 is 44.8 Å². The number of unbranched alkanes of at least 4 members (excludes halogenated alkanes) is 9. The fourth-order valence-corrected chi connectivity index (χ4v) is 12.3. The second kappa shape index (κ2) is 82.9. The molecule has 39 heteroatoms. The van der Waals surface area contributed by atoms with Crippen molar-refractivity contribution < 1.29 is 143 Å². The maximum absolute atomic E-state index is 12.5. The number of hydrogen-bond acceptors (Lipinski definition) is 28. The number of methoxy groups -OCH3 is 4. The molecule has 838 valence electrons. The maximum Gasteiger partial charge on any atom is -0.358 e. The number of carbonyl (C=O) groups is 10. The number of nitrogens with zero attached hydrogens (tertiary/aromatic N) is 4. The molecule has 0 atom stereocenters. The molecule has 0 aromatic heterocycles. The predicted octanol–water partition coefficient (Wildman–Crippen LogP) is 23.6. The molecule has 7 amide bonds. The van der Waals surface area contributed by atoms with Gasteiger partial charge in [-0.25, -0.2) is 24.0 Å². The minimum absolute atomic E-state index is 0. The molecule has 37 nitrogen and oxygen atoms in total. The van der Waals surface area contributed by atoms with Crippen LogP contribution < -0.4 is 74.9 Å². The summed E-state index contributed by atoms with van der Waals surface area (Å²) < 4.78 is 63.9. The smallest absolute Gasteiger partial charge is 0.358 e. The van der Waals surface area contributed by atoms with Crippen LogP contribution in [0.25, 0.3) is 0 Å². The van der Waals surface area contributed by atoms with E-state index in [1.165, 1.54) is 86.8 Å². The molecule has 0 spiro atoms. The summed E-state index contributed by atoms with van der Waals surface area (Å²) in [5, 5.41) is 44.7. The first kappa shape index (κ1) is 141. The molecule has 9 N–H and O–H groups in total. The van der Waals surface area contributed by atoms with Crippen molar-refractivity contribution in [2.45, 2.75) is 277 Å². The van der Waals surface area contributed by atoms with Crippen molar-refractivity contribution in [1.29, 1.82) is 0 Å². The number of phenolic OH excluding ortho intramolecular Hbond substituents is 1. The Morgan fingerprint density at radius 2 is 0.733 bits per heavy atom. The standard InChI is InChI=1S/C28H44N2O6.C25H30N2O7.C22H35N3O4.C18H27NO3.C9H19NO2.C7H4ClNO4.CH4.CH3.AtHO/c1-21(2)13-10-8-9-11-14-25(31)29-20-22-16-17-23(24(19-22)34-7)35-27(33)30(6)18-12-15-26(32)36-28(3,4)5;1-18(2)8-6-4-5-7-9-24(28)26-17-19-10-15-22(23(16-19)32-3)34-25(29)33-21-13-11-20(12-14-21)27(30)31;1-17(2)9-7-5-6-8-10-21(26)24-16-18-11-12-19(20(15-18)28-4)29-22(27)25(3)14-13-23;1-14(2)8-6-4-5-7-9-18(21)19-13-15-10-11-16(20)17(12-15)22-3;1-5-6-7-10-8(11)12-9(2,3)4;8-7(10)13-6-3-1-5(2-4-6)9(11)12;;;1-2/h10,13,16-17,19,21H,8-9,11-12,14-15,18,20H2,1-7H3,(H,29,31);6,8,10-16,18H,4-5,7,9,17H2,1-3H3,(H,26,28);7,9,11-12,15,17H,5-6,8,10,13-14,16,23H2,1-4H3,(H,24,26);6,8,10-12,14,20H,4-5,7,9,13H2,1-3H3,(H,19,21);5-7H2,1-4H3,(H,10,11);1-4H;1H4;1H3;2H/q;;;;;;;-1;/b13-10+;8-6+;9-7+;8-6+;;;;;. The van der Waals surface area contributed by atoms with Crippen molar-refractivity contribution >= 4 is 82.4 Å². The summed E-state index contributed by atoms with van der Waals surface area (Å²) in [6, 6.07) is 30.4. The molecular weight excluding hydrogens is 2150 g/mol. The van der Waals surface area contributed by atoms with Gasteiger partial charge in [-0.05, 0) is 250 Å². The number of phenols is 1. The van der Waals surface area contributed by atoms with Crippen LogP contribution in [-0.2, 0) is 59.6 Å². The van der Waals surface area contributed by atoms with Crippen molar-refractivity contribution in [1.82, 2.24) is 36.4 Å². The maximum atomic E-state index is 12.5. The van der Waals surface area contributed by atoms with Crippen LogP contribution in [0, 0.1) is 76.5 Å². The summed E-state index contributed by atoms with van der Waals surface area (Å²) in [4.78, 5) is 140. The minimum atomic E-state index is -1.02. The second-order valence-electron chi connectivity index (χ2n) is 36.9. The van der Waals surface area contributed by atoms with Gasteiger partial charge in [-0.15, -0.1) is 0 Å². The third-order valence-electron chi connectivity index (χ3n) is 19.7. The van der Waals surface area contributed by atoms with Crippen molar-refractivity contribution in [2.75, 3.05) is 68.7 Å². The molecule has 6 aromatic rings. The van der Waals surface area contributed by atoms with Crippen molar-refractivity contribution in [3.63, 3.8) is 0 Å². The van der Waals surface area contributed by atoms with E-state index in [0.717, 1.165) is 137 Å². The summed E-state index contributed by atoms with van der Waals surface area (Å²) in [6.45, 7) is 33.6. The molecule has 0 heterocycles. The van der Waals surface area contributed by atoms with E-state index in [0.29, 0.717) is 137 Å². The Kier molecular flexibility index (Phi) is 78.0. The van der Waals surface area contributed by atoms with Crippen LogP contribution in [0.5, 0.6) is 57.5 Å². The molecule has 0 aliphatic rings. The van der Waals surface area contributed by atoms with E-state index in [1.54, 1.807) is 86.9 Å². The number of nitro groups is 2. The van der Waals surface area contributed by atoms with Gasteiger partial charge < -0.3 is 107 Å². The van der Waals surface area contributed by atoms with Crippen LogP contribution in [0.4, 0.5) is 35.3 Å². The number of nitrogens with one attached hydrogen (secondary N) is 5. The Bertz CT molecular complexity index is 5040. The van der Waals surface area contributed by atoms with E-state index in [1.807, 2.05) is 41.5 Å². The molecule has 0 saturated carbocycles. The molecule has 6 aromatic carbocycles. The Labute approximate surface area is 909 Å². The molecule has 0 fully saturated rings. The van der Waals surface area contributed by atoms with Crippen LogP contribution in [0.3, 0.4) is 0 Å². The van der Waals surface area contributed by atoms with Gasteiger partial charge in [0, 0.05) is 134 Å². The van der Waals surface area contributed by atoms with Crippen molar-refractivity contribution in [3.05, 3.63) is 220 Å². The topological polar surface area (TPSA) is 492 Å². The molecule has 0 aliphatic heterocycles. The summed E-state index contributed by atoms with van der Waals surface area (Å²) in [5.41, 5.74) is 6.74. The molecule has 6 rings (SSSR count). The Morgan fingerprint density at radius 1 is 0.420 bits per heavy atom. The number of nitro benzene ring substituents is 2. The second-order valence-corrected chi connectivity index (χ2v) is 37.2. The fourth-order valence-electron chi connectivity index (χ4n) is 12.2. The zero-order chi connectivity index (χ0) is 112. The number of benzene rings is 6. The number of aromatic hydroxyl groups is 1. The molecule has 0 saturated heterocycles. The van der Waals surface area contributed by atoms with Crippen LogP contribution >= 0.6 is 11.6 Å². The average molecular weight is 2320 g/mol. The van der Waals surface area contributed by atoms with Gasteiger partial charge in [0.1, 0.15) is 22.7 Å². The first-order valence-corrected chi connectivity index (χ1v) is 51.1. The number of hydrogen-bond donors (Lipinski definition) is 8. The zero-order valence-electron chi connectivity index (χ0n) is 91.0. The number of likely N-dealkylation sites (N-methyl/N-ethyl adjacent to an activating group) is 1. The van der Waals surface area contributed by atoms with Gasteiger partial charge in [0.2, 0.25) is 23.6 Å². The predicted molar refractivity (Wildman–Crippen MR) is 581 cm³/mol. The first-order chi connectivity index (χ1) is 70.1.